The highest BCUT2D eigenvalue weighted by atomic mass is 19.1. The van der Waals surface area contributed by atoms with Crippen LogP contribution in [0.2, 0.25) is 0 Å². The molecular weight excluding hydrogens is 347 g/mol. The van der Waals surface area contributed by atoms with Gasteiger partial charge < -0.3 is 10.5 Å². The monoisotopic (exact) mass is 370 g/mol. The summed E-state index contributed by atoms with van der Waals surface area (Å²) in [5.41, 5.74) is 7.06. The summed E-state index contributed by atoms with van der Waals surface area (Å²) in [6.45, 7) is 0.524. The molecule has 0 radical (unpaired) electrons. The predicted molar refractivity (Wildman–Crippen MR) is 104 cm³/mol. The summed E-state index contributed by atoms with van der Waals surface area (Å²) in [6.07, 6.45) is 1.80. The zero-order valence-corrected chi connectivity index (χ0v) is 14.1. The molecule has 2 aromatic carbocycles. The minimum atomic E-state index is -0.365. The van der Waals surface area contributed by atoms with Gasteiger partial charge in [0.2, 0.25) is 0 Å². The van der Waals surface area contributed by atoms with E-state index in [2.05, 4.69) is 5.10 Å². The first kappa shape index (κ1) is 20.1. The summed E-state index contributed by atoms with van der Waals surface area (Å²) in [6, 6.07) is 17.0. The molecule has 0 unspecified atom stereocenters. The molecule has 2 N–H and O–H groups in total. The van der Waals surface area contributed by atoms with E-state index in [1.54, 1.807) is 24.3 Å². The highest BCUT2D eigenvalue weighted by Crippen LogP contribution is 2.16. The van der Waals surface area contributed by atoms with Crippen molar-refractivity contribution in [3.05, 3.63) is 88.9 Å². The molecule has 0 atom stereocenters. The van der Waals surface area contributed by atoms with Crippen LogP contribution in [0, 0.1) is 0 Å². The maximum absolute atomic E-state index is 12.6. The molecule has 7 heteroatoms. The Bertz CT molecular complexity index is 931. The Morgan fingerprint density at radius 3 is 2.48 bits per heavy atom. The van der Waals surface area contributed by atoms with Crippen LogP contribution in [0.4, 0.5) is 4.39 Å². The third kappa shape index (κ3) is 4.92. The van der Waals surface area contributed by atoms with Crippen molar-refractivity contribution in [2.24, 2.45) is 5.73 Å². The van der Waals surface area contributed by atoms with E-state index < -0.39 is 0 Å². The van der Waals surface area contributed by atoms with Gasteiger partial charge in [-0.25, -0.2) is 18.4 Å². The lowest BCUT2D eigenvalue weighted by Crippen LogP contribution is -2.25. The van der Waals surface area contributed by atoms with Crippen LogP contribution in [0.3, 0.4) is 0 Å². The molecule has 0 aliphatic carbocycles. The number of nitrogens with zero attached hydrogens (tertiary/aromatic N) is 3. The van der Waals surface area contributed by atoms with Crippen molar-refractivity contribution < 1.29 is 9.13 Å². The Morgan fingerprint density at radius 2 is 1.85 bits per heavy atom. The Hall–Kier alpha value is -3.19. The van der Waals surface area contributed by atoms with Crippen molar-refractivity contribution in [1.82, 2.24) is 14.3 Å². The number of hydrogen-bond donors (Lipinski definition) is 1. The van der Waals surface area contributed by atoms with Crippen LogP contribution in [0.25, 0.3) is 5.69 Å². The first-order valence-corrected chi connectivity index (χ1v) is 8.11. The fourth-order valence-corrected chi connectivity index (χ4v) is 2.40. The molecule has 1 aromatic heterocycles. The summed E-state index contributed by atoms with van der Waals surface area (Å²) < 4.78 is 20.9. The molecule has 142 valence electrons. The minimum absolute atomic E-state index is 0. The first-order chi connectivity index (χ1) is 12.7. The van der Waals surface area contributed by atoms with Crippen molar-refractivity contribution in [2.75, 3.05) is 6.54 Å². The average Bonchev–Trinajstić information content (AvgIpc) is 3.06. The Labute approximate surface area is 157 Å². The van der Waals surface area contributed by atoms with E-state index in [9.17, 15) is 9.18 Å². The van der Waals surface area contributed by atoms with Crippen molar-refractivity contribution in [3.8, 4) is 11.4 Å². The van der Waals surface area contributed by atoms with Crippen LogP contribution < -0.4 is 16.2 Å². The molecule has 0 fully saturated rings. The third-order valence-corrected chi connectivity index (χ3v) is 3.87. The molecule has 0 amide bonds. The summed E-state index contributed by atoms with van der Waals surface area (Å²) in [5.74, 6) is 0.698. The zero-order valence-electron chi connectivity index (χ0n) is 14.1. The van der Waals surface area contributed by atoms with Gasteiger partial charge in [0.15, 0.2) is 0 Å². The largest absolute Gasteiger partial charge is 0.489 e. The Morgan fingerprint density at radius 1 is 1.15 bits per heavy atom. The number of rotatable bonds is 7. The smallest absolute Gasteiger partial charge is 0.350 e. The Kier molecular flexibility index (Phi) is 7.08. The number of halogens is 1. The van der Waals surface area contributed by atoms with Crippen LogP contribution in [0.15, 0.2) is 77.6 Å². The van der Waals surface area contributed by atoms with E-state index >= 15 is 0 Å². The lowest BCUT2D eigenvalue weighted by Gasteiger charge is -2.07. The number of benzene rings is 2. The fraction of sp³-hybridized carbons (Fsp3) is 0.200. The van der Waals surface area contributed by atoms with Gasteiger partial charge in [-0.05, 0) is 35.4 Å². The van der Waals surface area contributed by atoms with Gasteiger partial charge in [0.25, 0.3) is 0 Å². The average molecular weight is 370 g/mol. The molecular formula is C20H23FN4O2. The van der Waals surface area contributed by atoms with Gasteiger partial charge >= 0.3 is 5.69 Å². The molecule has 0 aliphatic heterocycles. The Balaban J connectivity index is 0.00000261. The molecule has 0 saturated heterocycles. The van der Waals surface area contributed by atoms with Crippen LogP contribution in [-0.2, 0) is 13.2 Å². The fourth-order valence-electron chi connectivity index (χ4n) is 2.40. The van der Waals surface area contributed by atoms with Crippen LogP contribution in [-0.4, -0.2) is 20.9 Å². The van der Waals surface area contributed by atoms with E-state index in [1.165, 1.54) is 10.9 Å². The van der Waals surface area contributed by atoms with Gasteiger partial charge in [0.1, 0.15) is 18.7 Å². The minimum Gasteiger partial charge on any atom is -0.489 e. The zero-order chi connectivity index (χ0) is 18.4. The number of aromatic nitrogens is 3. The molecule has 3 aromatic rings. The maximum Gasteiger partial charge on any atom is 0.350 e. The molecule has 0 bridgehead atoms. The summed E-state index contributed by atoms with van der Waals surface area (Å²) in [7, 11) is 0. The van der Waals surface area contributed by atoms with E-state index in [0.717, 1.165) is 10.2 Å². The SMILES string of the molecule is C.NC/C(=C/F)Cn1ncn(-c2ccc(OCc3ccccc3)cc2)c1=O. The highest BCUT2D eigenvalue weighted by Gasteiger charge is 2.08. The topological polar surface area (TPSA) is 75.1 Å². The second-order valence-electron chi connectivity index (χ2n) is 5.68. The summed E-state index contributed by atoms with van der Waals surface area (Å²) >= 11 is 0. The van der Waals surface area contributed by atoms with Gasteiger partial charge in [0, 0.05) is 6.54 Å². The van der Waals surface area contributed by atoms with Gasteiger partial charge in [0.05, 0.1) is 18.6 Å². The van der Waals surface area contributed by atoms with E-state index in [-0.39, 0.29) is 26.2 Å². The third-order valence-electron chi connectivity index (χ3n) is 3.87. The number of nitrogens with two attached hydrogens (primary N) is 1. The van der Waals surface area contributed by atoms with Crippen molar-refractivity contribution in [3.63, 3.8) is 0 Å². The molecule has 0 aliphatic rings. The summed E-state index contributed by atoms with van der Waals surface area (Å²) in [4.78, 5) is 12.4. The van der Waals surface area contributed by atoms with Crippen LogP contribution in [0.5, 0.6) is 5.75 Å². The lowest BCUT2D eigenvalue weighted by molar-refractivity contribution is 0.306. The normalized spacial score (nSPS) is 11.1. The lowest BCUT2D eigenvalue weighted by atomic mass is 10.2. The maximum atomic E-state index is 12.6. The number of hydrogen-bond acceptors (Lipinski definition) is 4. The predicted octanol–water partition coefficient (Wildman–Crippen LogP) is 3.06. The van der Waals surface area contributed by atoms with Crippen molar-refractivity contribution in [2.45, 2.75) is 20.6 Å². The number of ether oxygens (including phenoxy) is 1. The molecule has 0 spiro atoms. The quantitative estimate of drug-likeness (QED) is 0.694. The van der Waals surface area contributed by atoms with Crippen LogP contribution in [0.1, 0.15) is 13.0 Å². The first-order valence-electron chi connectivity index (χ1n) is 8.11. The second kappa shape index (κ2) is 9.49. The standard InChI is InChI=1S/C19H19FN4O2.CH4/c20-10-16(11-21)12-24-19(25)23(14-22-24)17-6-8-18(9-7-17)26-13-15-4-2-1-3-5-15;/h1-10,14H,11-13,21H2;1H4/b16-10-;. The van der Waals surface area contributed by atoms with Crippen molar-refractivity contribution >= 4 is 0 Å². The second-order valence-corrected chi connectivity index (χ2v) is 5.68. The van der Waals surface area contributed by atoms with E-state index in [1.807, 2.05) is 30.3 Å². The molecule has 3 rings (SSSR count). The molecule has 27 heavy (non-hydrogen) atoms. The van der Waals surface area contributed by atoms with Crippen LogP contribution >= 0.6 is 0 Å². The van der Waals surface area contributed by atoms with Gasteiger partial charge in [-0.2, -0.15) is 5.10 Å². The van der Waals surface area contributed by atoms with E-state index in [4.69, 9.17) is 10.5 Å². The van der Waals surface area contributed by atoms with E-state index in [0.29, 0.717) is 29.9 Å². The summed E-state index contributed by atoms with van der Waals surface area (Å²) in [5, 5.41) is 4.00. The highest BCUT2D eigenvalue weighted by molar-refractivity contribution is 5.37. The van der Waals surface area contributed by atoms with Gasteiger partial charge in [-0.3, -0.25) is 0 Å². The van der Waals surface area contributed by atoms with Gasteiger partial charge in [-0.1, -0.05) is 37.8 Å². The molecule has 1 heterocycles. The molecule has 0 saturated carbocycles. The molecule has 6 nitrogen and oxygen atoms in total. The van der Waals surface area contributed by atoms with Gasteiger partial charge in [-0.15, -0.1) is 0 Å². The van der Waals surface area contributed by atoms with Crippen molar-refractivity contribution in [1.29, 1.82) is 0 Å².